The van der Waals surface area contributed by atoms with Gasteiger partial charge in [-0.15, -0.1) is 10.2 Å². The van der Waals surface area contributed by atoms with Crippen LogP contribution >= 0.6 is 11.6 Å². The Bertz CT molecular complexity index is 637. The van der Waals surface area contributed by atoms with E-state index < -0.39 is 0 Å². The fraction of sp³-hybridized carbons (Fsp3) is 0.312. The highest BCUT2D eigenvalue weighted by molar-refractivity contribution is 6.30. The lowest BCUT2D eigenvalue weighted by Crippen LogP contribution is -2.33. The molecule has 0 spiro atoms. The van der Waals surface area contributed by atoms with Gasteiger partial charge in [-0.2, -0.15) is 5.26 Å². The van der Waals surface area contributed by atoms with E-state index in [1.807, 2.05) is 24.3 Å². The van der Waals surface area contributed by atoms with Gasteiger partial charge >= 0.3 is 0 Å². The summed E-state index contributed by atoms with van der Waals surface area (Å²) in [5.74, 6) is 1.42. The van der Waals surface area contributed by atoms with Gasteiger partial charge < -0.3 is 4.90 Å². The molecule has 1 aliphatic rings. The van der Waals surface area contributed by atoms with Crippen LogP contribution in [0.5, 0.6) is 0 Å². The van der Waals surface area contributed by atoms with Crippen LogP contribution in [0.15, 0.2) is 36.4 Å². The first-order chi connectivity index (χ1) is 10.3. The lowest BCUT2D eigenvalue weighted by molar-refractivity contribution is 0.501. The fourth-order valence-corrected chi connectivity index (χ4v) is 2.86. The fourth-order valence-electron chi connectivity index (χ4n) is 2.73. The Labute approximate surface area is 129 Å². The van der Waals surface area contributed by atoms with E-state index in [0.717, 1.165) is 36.8 Å². The van der Waals surface area contributed by atoms with E-state index in [1.165, 1.54) is 5.56 Å². The van der Waals surface area contributed by atoms with Gasteiger partial charge in [0.05, 0.1) is 0 Å². The van der Waals surface area contributed by atoms with Crippen LogP contribution in [0.1, 0.15) is 30.0 Å². The first-order valence-corrected chi connectivity index (χ1v) is 7.38. The van der Waals surface area contributed by atoms with Crippen molar-refractivity contribution in [3.8, 4) is 6.07 Å². The van der Waals surface area contributed by atoms with Crippen molar-refractivity contribution >= 4 is 17.4 Å². The summed E-state index contributed by atoms with van der Waals surface area (Å²) in [6.07, 6.45) is 2.17. The van der Waals surface area contributed by atoms with E-state index in [-0.39, 0.29) is 0 Å². The van der Waals surface area contributed by atoms with Crippen molar-refractivity contribution in [2.24, 2.45) is 0 Å². The van der Waals surface area contributed by atoms with Crippen LogP contribution in [0.2, 0.25) is 5.02 Å². The number of nitrogens with zero attached hydrogens (tertiary/aromatic N) is 4. The molecular weight excluding hydrogens is 284 g/mol. The van der Waals surface area contributed by atoms with Gasteiger partial charge in [-0.3, -0.25) is 0 Å². The van der Waals surface area contributed by atoms with Gasteiger partial charge in [0, 0.05) is 18.1 Å². The SMILES string of the molecule is N#Cc1ccc(N2CCC(c3ccc(Cl)cc3)CC2)nn1. The maximum absolute atomic E-state index is 8.74. The highest BCUT2D eigenvalue weighted by atomic mass is 35.5. The number of hydrogen-bond donors (Lipinski definition) is 0. The van der Waals surface area contributed by atoms with Gasteiger partial charge in [-0.1, -0.05) is 23.7 Å². The minimum Gasteiger partial charge on any atom is -0.355 e. The van der Waals surface area contributed by atoms with Crippen molar-refractivity contribution < 1.29 is 0 Å². The van der Waals surface area contributed by atoms with Crippen molar-refractivity contribution in [2.75, 3.05) is 18.0 Å². The average molecular weight is 299 g/mol. The topological polar surface area (TPSA) is 52.8 Å². The summed E-state index contributed by atoms with van der Waals surface area (Å²) < 4.78 is 0. The highest BCUT2D eigenvalue weighted by Crippen LogP contribution is 2.30. The van der Waals surface area contributed by atoms with Gasteiger partial charge in [-0.05, 0) is 48.6 Å². The minimum absolute atomic E-state index is 0.356. The van der Waals surface area contributed by atoms with Crippen molar-refractivity contribution in [1.29, 1.82) is 5.26 Å². The quantitative estimate of drug-likeness (QED) is 0.853. The molecule has 0 atom stereocenters. The number of anilines is 1. The number of piperidine rings is 1. The lowest BCUT2D eigenvalue weighted by Gasteiger charge is -2.32. The smallest absolute Gasteiger partial charge is 0.163 e. The standard InChI is InChI=1S/C16H15ClN4/c17-14-3-1-12(2-4-14)13-7-9-21(10-8-13)16-6-5-15(11-18)19-20-16/h1-6,13H,7-10H2. The Balaban J connectivity index is 1.64. The first kappa shape index (κ1) is 13.8. The summed E-state index contributed by atoms with van der Waals surface area (Å²) in [5.41, 5.74) is 1.71. The zero-order valence-corrected chi connectivity index (χ0v) is 12.3. The van der Waals surface area contributed by atoms with Crippen molar-refractivity contribution in [3.63, 3.8) is 0 Å². The summed E-state index contributed by atoms with van der Waals surface area (Å²) in [7, 11) is 0. The molecule has 21 heavy (non-hydrogen) atoms. The second-order valence-corrected chi connectivity index (χ2v) is 5.64. The van der Waals surface area contributed by atoms with E-state index >= 15 is 0 Å². The van der Waals surface area contributed by atoms with E-state index in [0.29, 0.717) is 11.6 Å². The molecule has 0 N–H and O–H groups in total. The van der Waals surface area contributed by atoms with Gasteiger partial charge in [0.2, 0.25) is 0 Å². The summed E-state index contributed by atoms with van der Waals surface area (Å²) in [6, 6.07) is 13.7. The molecule has 1 aromatic heterocycles. The molecule has 3 rings (SSSR count). The third-order valence-corrected chi connectivity index (χ3v) is 4.18. The van der Waals surface area contributed by atoms with E-state index in [4.69, 9.17) is 16.9 Å². The molecule has 4 nitrogen and oxygen atoms in total. The van der Waals surface area contributed by atoms with Crippen LogP contribution < -0.4 is 4.90 Å². The van der Waals surface area contributed by atoms with Crippen LogP contribution in [0.25, 0.3) is 0 Å². The van der Waals surface area contributed by atoms with Crippen molar-refractivity contribution in [2.45, 2.75) is 18.8 Å². The van der Waals surface area contributed by atoms with Crippen LogP contribution in [0, 0.1) is 11.3 Å². The second-order valence-electron chi connectivity index (χ2n) is 5.20. The molecule has 0 aliphatic carbocycles. The Morgan fingerprint density at radius 3 is 2.33 bits per heavy atom. The summed E-state index contributed by atoms with van der Waals surface area (Å²) >= 11 is 5.93. The molecule has 0 radical (unpaired) electrons. The minimum atomic E-state index is 0.356. The molecule has 1 aliphatic heterocycles. The Morgan fingerprint density at radius 2 is 1.76 bits per heavy atom. The van der Waals surface area contributed by atoms with Gasteiger partial charge in [0.25, 0.3) is 0 Å². The molecule has 2 aromatic rings. The van der Waals surface area contributed by atoms with E-state index in [9.17, 15) is 0 Å². The van der Waals surface area contributed by atoms with Crippen molar-refractivity contribution in [3.05, 3.63) is 52.7 Å². The zero-order chi connectivity index (χ0) is 14.7. The van der Waals surface area contributed by atoms with Gasteiger partial charge in [0.15, 0.2) is 11.5 Å². The summed E-state index contributed by atoms with van der Waals surface area (Å²) in [6.45, 7) is 1.90. The second kappa shape index (κ2) is 6.11. The van der Waals surface area contributed by atoms with Crippen molar-refractivity contribution in [1.82, 2.24) is 10.2 Å². The number of halogens is 1. The van der Waals surface area contributed by atoms with Crippen LogP contribution in [0.3, 0.4) is 0 Å². The molecule has 1 aromatic carbocycles. The molecule has 106 valence electrons. The normalized spacial score (nSPS) is 15.7. The van der Waals surface area contributed by atoms with Gasteiger partial charge in [0.1, 0.15) is 6.07 Å². The number of aromatic nitrogens is 2. The van der Waals surface area contributed by atoms with Crippen LogP contribution in [-0.2, 0) is 0 Å². The predicted octanol–water partition coefficient (Wildman–Crippen LogP) is 3.39. The summed E-state index contributed by atoms with van der Waals surface area (Å²) in [5, 5.41) is 17.5. The number of benzene rings is 1. The maximum Gasteiger partial charge on any atom is 0.163 e. The number of rotatable bonds is 2. The predicted molar refractivity (Wildman–Crippen MR) is 82.4 cm³/mol. The molecule has 0 saturated carbocycles. The largest absolute Gasteiger partial charge is 0.355 e. The van der Waals surface area contributed by atoms with E-state index in [1.54, 1.807) is 6.07 Å². The molecular formula is C16H15ClN4. The van der Waals surface area contributed by atoms with Gasteiger partial charge in [-0.25, -0.2) is 0 Å². The molecule has 0 amide bonds. The highest BCUT2D eigenvalue weighted by Gasteiger charge is 2.21. The third kappa shape index (κ3) is 3.14. The number of nitriles is 1. The van der Waals surface area contributed by atoms with Crippen LogP contribution in [0.4, 0.5) is 5.82 Å². The average Bonchev–Trinajstić information content (AvgIpc) is 2.56. The van der Waals surface area contributed by atoms with Crippen LogP contribution in [-0.4, -0.2) is 23.3 Å². The Hall–Kier alpha value is -2.12. The first-order valence-electron chi connectivity index (χ1n) is 7.00. The number of hydrogen-bond acceptors (Lipinski definition) is 4. The molecule has 2 heterocycles. The Kier molecular flexibility index (Phi) is 4.03. The van der Waals surface area contributed by atoms with E-state index in [2.05, 4.69) is 27.2 Å². The zero-order valence-electron chi connectivity index (χ0n) is 11.5. The molecule has 1 saturated heterocycles. The summed E-state index contributed by atoms with van der Waals surface area (Å²) in [4.78, 5) is 2.22. The lowest BCUT2D eigenvalue weighted by atomic mass is 9.89. The molecule has 0 unspecified atom stereocenters. The molecule has 5 heteroatoms. The monoisotopic (exact) mass is 298 g/mol. The molecule has 0 bridgehead atoms. The Morgan fingerprint density at radius 1 is 1.05 bits per heavy atom. The third-order valence-electron chi connectivity index (χ3n) is 3.93. The maximum atomic E-state index is 8.74. The molecule has 1 fully saturated rings.